The van der Waals surface area contributed by atoms with Crippen molar-refractivity contribution in [1.29, 1.82) is 0 Å². The van der Waals surface area contributed by atoms with Gasteiger partial charge in [0.25, 0.3) is 0 Å². The molecule has 27 heavy (non-hydrogen) atoms. The van der Waals surface area contributed by atoms with Crippen molar-refractivity contribution in [3.8, 4) is 0 Å². The summed E-state index contributed by atoms with van der Waals surface area (Å²) in [6.07, 6.45) is 17.2. The van der Waals surface area contributed by atoms with Crippen LogP contribution in [0.1, 0.15) is 60.3 Å². The third-order valence-electron chi connectivity index (χ3n) is 5.55. The Morgan fingerprint density at radius 2 is 1.85 bits per heavy atom. The maximum atomic E-state index is 6.83. The van der Waals surface area contributed by atoms with Crippen molar-refractivity contribution in [2.75, 3.05) is 6.61 Å². The fourth-order valence-corrected chi connectivity index (χ4v) is 7.70. The second-order valence-corrected chi connectivity index (χ2v) is 13.4. The summed E-state index contributed by atoms with van der Waals surface area (Å²) in [5, 5.41) is 1.28. The van der Waals surface area contributed by atoms with Crippen LogP contribution in [-0.2, 0) is 26.5 Å². The summed E-state index contributed by atoms with van der Waals surface area (Å²) in [7, 11) is -1.89. The van der Waals surface area contributed by atoms with Crippen molar-refractivity contribution in [1.82, 2.24) is 0 Å². The zero-order valence-electron chi connectivity index (χ0n) is 18.0. The minimum Gasteiger partial charge on any atom is -1.00 e. The van der Waals surface area contributed by atoms with Gasteiger partial charge >= 0.3 is 21.7 Å². The van der Waals surface area contributed by atoms with Gasteiger partial charge < -0.3 is 29.6 Å². The minimum absolute atomic E-state index is 0. The van der Waals surface area contributed by atoms with Gasteiger partial charge in [-0.2, -0.15) is 6.08 Å². The van der Waals surface area contributed by atoms with Gasteiger partial charge in [-0.25, -0.2) is 11.3 Å². The first-order chi connectivity index (χ1) is 11.1. The monoisotopic (exact) mass is 461 g/mol. The van der Waals surface area contributed by atoms with Crippen molar-refractivity contribution < 1.29 is 51.3 Å². The zero-order valence-corrected chi connectivity index (χ0v) is 22.1. The molecule has 0 heterocycles. The van der Waals surface area contributed by atoms with E-state index >= 15 is 0 Å². The largest absolute Gasteiger partial charge is 3.00 e. The Bertz CT molecular complexity index is 600. The Kier molecular flexibility index (Phi) is 12.7. The summed E-state index contributed by atoms with van der Waals surface area (Å²) in [6, 6.07) is 0. The van der Waals surface area contributed by atoms with Gasteiger partial charge in [0.1, 0.15) is 0 Å². The predicted molar refractivity (Wildman–Crippen MR) is 107 cm³/mol. The van der Waals surface area contributed by atoms with Gasteiger partial charge in [0, 0.05) is 6.61 Å². The molecule has 0 N–H and O–H groups in total. The van der Waals surface area contributed by atoms with E-state index in [1.54, 1.807) is 0 Å². The molecule has 1 radical (unpaired) electrons. The van der Waals surface area contributed by atoms with E-state index in [9.17, 15) is 0 Å². The van der Waals surface area contributed by atoms with Crippen molar-refractivity contribution in [2.24, 2.45) is 5.41 Å². The summed E-state index contributed by atoms with van der Waals surface area (Å²) < 4.78 is 6.83. The average Bonchev–Trinajstić information content (AvgIpc) is 3.03. The molecule has 0 fully saturated rings. The zero-order chi connectivity index (χ0) is 18.0. The SMILES string of the molecule is CCCCOC1([Si](C)(C)C2=[C-]CC=C2)CC=C(C)C=C1C(C)(C)C.[Cl-].[Cl-].[Ti+3]. The molecule has 1 unspecified atom stereocenters. The number of halogens is 2. The summed E-state index contributed by atoms with van der Waals surface area (Å²) >= 11 is 0. The molecule has 2 aliphatic carbocycles. The van der Waals surface area contributed by atoms with Crippen LogP contribution in [-0.4, -0.2) is 19.9 Å². The number of hydrogen-bond acceptors (Lipinski definition) is 1. The topological polar surface area (TPSA) is 9.23 Å². The molecule has 5 heteroatoms. The normalized spacial score (nSPS) is 22.0. The summed E-state index contributed by atoms with van der Waals surface area (Å²) in [4.78, 5) is 0. The Labute approximate surface area is 195 Å². The number of hydrogen-bond donors (Lipinski definition) is 0. The molecule has 0 aromatic rings. The van der Waals surface area contributed by atoms with E-state index < -0.39 is 8.07 Å². The van der Waals surface area contributed by atoms with Gasteiger partial charge in [-0.1, -0.05) is 64.9 Å². The molecular weight excluding hydrogens is 427 g/mol. The molecule has 0 spiro atoms. The Morgan fingerprint density at radius 1 is 1.22 bits per heavy atom. The maximum absolute atomic E-state index is 6.83. The molecule has 0 aromatic carbocycles. The van der Waals surface area contributed by atoms with Crippen molar-refractivity contribution in [2.45, 2.75) is 78.6 Å². The van der Waals surface area contributed by atoms with E-state index in [0.717, 1.165) is 25.9 Å². The Balaban J connectivity index is 0. The van der Waals surface area contributed by atoms with Crippen LogP contribution in [0.5, 0.6) is 0 Å². The van der Waals surface area contributed by atoms with Crippen LogP contribution >= 0.6 is 0 Å². The van der Waals surface area contributed by atoms with E-state index in [-0.39, 0.29) is 57.2 Å². The van der Waals surface area contributed by atoms with Gasteiger partial charge in [-0.15, -0.1) is 6.42 Å². The van der Waals surface area contributed by atoms with E-state index in [4.69, 9.17) is 4.74 Å². The van der Waals surface area contributed by atoms with Crippen LogP contribution in [0, 0.1) is 11.5 Å². The second-order valence-electron chi connectivity index (χ2n) is 8.81. The summed E-state index contributed by atoms with van der Waals surface area (Å²) in [6.45, 7) is 17.3. The van der Waals surface area contributed by atoms with Crippen LogP contribution in [0.25, 0.3) is 0 Å². The molecular formula is C22H35Cl2OSiTi. The van der Waals surface area contributed by atoms with E-state index in [0.29, 0.717) is 0 Å². The van der Waals surface area contributed by atoms with Crippen molar-refractivity contribution in [3.05, 3.63) is 46.7 Å². The third kappa shape index (κ3) is 6.20. The fraction of sp³-hybridized carbons (Fsp3) is 0.636. The standard InChI is InChI=1S/C22H35OSi.2ClH.Ti/c1-8-9-16-23-22(24(6,7)19-12-10-11-13-19)15-14-18(2)17-20(22)21(3,4)5;;;/h10,12,14,17H,8-9,11,15-16H2,1-7H3;2*1H;/q-1;;;+3/p-2. The summed E-state index contributed by atoms with van der Waals surface area (Å²) in [5.41, 5.74) is 2.96. The second kappa shape index (κ2) is 11.6. The van der Waals surface area contributed by atoms with Gasteiger partial charge in [-0.05, 0) is 30.8 Å². The molecule has 0 saturated carbocycles. The molecule has 2 rings (SSSR count). The van der Waals surface area contributed by atoms with Crippen molar-refractivity contribution >= 4 is 8.07 Å². The number of unbranched alkanes of at least 4 members (excludes halogenated alkanes) is 1. The van der Waals surface area contributed by atoms with E-state index in [2.05, 4.69) is 78.1 Å². The predicted octanol–water partition coefficient (Wildman–Crippen LogP) is 0.346. The van der Waals surface area contributed by atoms with Crippen LogP contribution in [0.4, 0.5) is 0 Å². The molecule has 151 valence electrons. The Hall–Kier alpha value is 0.431. The minimum atomic E-state index is -1.89. The molecule has 1 nitrogen and oxygen atoms in total. The first-order valence-electron chi connectivity index (χ1n) is 9.46. The molecule has 0 bridgehead atoms. The van der Waals surface area contributed by atoms with Crippen LogP contribution in [0.3, 0.4) is 0 Å². The Morgan fingerprint density at radius 3 is 2.33 bits per heavy atom. The molecule has 0 aromatic heterocycles. The quantitative estimate of drug-likeness (QED) is 0.315. The first-order valence-corrected chi connectivity index (χ1v) is 12.5. The molecule has 2 aliphatic rings. The van der Waals surface area contributed by atoms with Gasteiger partial charge in [0.2, 0.25) is 0 Å². The van der Waals surface area contributed by atoms with Gasteiger partial charge in [-0.3, -0.25) is 6.08 Å². The van der Waals surface area contributed by atoms with Crippen LogP contribution in [0.15, 0.2) is 40.6 Å². The number of ether oxygens (including phenoxy) is 1. The van der Waals surface area contributed by atoms with Gasteiger partial charge in [0.05, 0.1) is 13.3 Å². The molecule has 0 aliphatic heterocycles. The van der Waals surface area contributed by atoms with Crippen LogP contribution < -0.4 is 24.8 Å². The van der Waals surface area contributed by atoms with E-state index in [1.807, 2.05) is 0 Å². The molecule has 1 atom stereocenters. The van der Waals surface area contributed by atoms with E-state index in [1.165, 1.54) is 22.8 Å². The maximum Gasteiger partial charge on any atom is 3.00 e. The first kappa shape index (κ1) is 29.6. The van der Waals surface area contributed by atoms with Crippen molar-refractivity contribution in [3.63, 3.8) is 0 Å². The molecule has 0 saturated heterocycles. The smallest absolute Gasteiger partial charge is 1.00 e. The third-order valence-corrected chi connectivity index (χ3v) is 9.88. The summed E-state index contributed by atoms with van der Waals surface area (Å²) in [5.74, 6) is 0. The average molecular weight is 462 g/mol. The number of allylic oxidation sites excluding steroid dienone is 6. The van der Waals surface area contributed by atoms with Crippen LogP contribution in [0.2, 0.25) is 13.1 Å². The number of rotatable bonds is 6. The molecule has 0 amide bonds. The van der Waals surface area contributed by atoms with Gasteiger partial charge in [0.15, 0.2) is 0 Å². The fourth-order valence-electron chi connectivity index (χ4n) is 3.99.